The van der Waals surface area contributed by atoms with Crippen LogP contribution in [0, 0.1) is 0 Å². The van der Waals surface area contributed by atoms with E-state index in [0.29, 0.717) is 17.0 Å². The number of nitrogens with zero attached hydrogens (tertiary/aromatic N) is 3. The quantitative estimate of drug-likeness (QED) is 0.757. The molecule has 0 aliphatic carbocycles. The molecule has 8 heteroatoms. The third-order valence-electron chi connectivity index (χ3n) is 2.95. The van der Waals surface area contributed by atoms with Gasteiger partial charge in [0, 0.05) is 22.0 Å². The van der Waals surface area contributed by atoms with E-state index >= 15 is 0 Å². The van der Waals surface area contributed by atoms with Gasteiger partial charge in [-0.1, -0.05) is 23.7 Å². The van der Waals surface area contributed by atoms with Crippen molar-refractivity contribution in [1.29, 1.82) is 0 Å². The van der Waals surface area contributed by atoms with E-state index in [1.165, 1.54) is 0 Å². The zero-order valence-corrected chi connectivity index (χ0v) is 11.7. The highest BCUT2D eigenvalue weighted by Gasteiger charge is 2.31. The summed E-state index contributed by atoms with van der Waals surface area (Å²) in [6.07, 6.45) is -2.24. The highest BCUT2D eigenvalue weighted by molar-refractivity contribution is 6.35. The van der Waals surface area contributed by atoms with Crippen molar-refractivity contribution in [3.63, 3.8) is 0 Å². The second-order valence-corrected chi connectivity index (χ2v) is 4.89. The summed E-state index contributed by atoms with van der Waals surface area (Å²) in [7, 11) is 0. The van der Waals surface area contributed by atoms with Gasteiger partial charge in [0.25, 0.3) is 0 Å². The number of rotatable bonds is 2. The number of hydrogen-bond donors (Lipinski definition) is 1. The Morgan fingerprint density at radius 3 is 2.64 bits per heavy atom. The fourth-order valence-corrected chi connectivity index (χ4v) is 2.15. The molecule has 0 aliphatic rings. The average Bonchev–Trinajstić information content (AvgIpc) is 2.48. The summed E-state index contributed by atoms with van der Waals surface area (Å²) in [6, 6.07) is 7.85. The predicted molar refractivity (Wildman–Crippen MR) is 77.1 cm³/mol. The Bertz CT molecular complexity index is 836. The molecule has 112 valence electrons. The Morgan fingerprint density at radius 2 is 1.86 bits per heavy atom. The highest BCUT2D eigenvalue weighted by Crippen LogP contribution is 2.30. The zero-order valence-electron chi connectivity index (χ0n) is 10.9. The molecule has 0 saturated carbocycles. The Balaban J connectivity index is 1.95. The van der Waals surface area contributed by atoms with Crippen LogP contribution < -0.4 is 5.32 Å². The molecule has 0 radical (unpaired) electrons. The van der Waals surface area contributed by atoms with E-state index in [1.54, 1.807) is 24.4 Å². The molecule has 4 nitrogen and oxygen atoms in total. The van der Waals surface area contributed by atoms with Crippen molar-refractivity contribution in [2.24, 2.45) is 0 Å². The molecule has 0 unspecified atom stereocenters. The van der Waals surface area contributed by atoms with Gasteiger partial charge in [-0.05, 0) is 18.2 Å². The molecule has 0 spiro atoms. The van der Waals surface area contributed by atoms with E-state index in [2.05, 4.69) is 20.5 Å². The highest BCUT2D eigenvalue weighted by atomic mass is 35.5. The van der Waals surface area contributed by atoms with Crippen LogP contribution in [-0.2, 0) is 6.18 Å². The smallest absolute Gasteiger partial charge is 0.323 e. The van der Waals surface area contributed by atoms with Crippen molar-refractivity contribution in [1.82, 2.24) is 15.2 Å². The maximum Gasteiger partial charge on any atom is 0.418 e. The van der Waals surface area contributed by atoms with Crippen molar-refractivity contribution < 1.29 is 13.2 Å². The van der Waals surface area contributed by atoms with Crippen LogP contribution >= 0.6 is 11.6 Å². The van der Waals surface area contributed by atoms with Gasteiger partial charge in [-0.25, -0.2) is 4.98 Å². The Hall–Kier alpha value is -2.41. The standard InChI is InChI=1S/C14H8ClF3N4/c15-11-3-1-2-8-6-19-12(5-10(8)11)21-13-4-9(7-20-22-13)14(16,17)18/h1-7H,(H,19,21,22). The second-order valence-electron chi connectivity index (χ2n) is 4.48. The first-order chi connectivity index (χ1) is 10.4. The summed E-state index contributed by atoms with van der Waals surface area (Å²) >= 11 is 6.08. The van der Waals surface area contributed by atoms with Gasteiger partial charge in [-0.15, -0.1) is 5.10 Å². The first-order valence-electron chi connectivity index (χ1n) is 6.15. The lowest BCUT2D eigenvalue weighted by Crippen LogP contribution is -2.07. The number of alkyl halides is 3. The minimum atomic E-state index is -4.48. The van der Waals surface area contributed by atoms with E-state index in [4.69, 9.17) is 11.6 Å². The van der Waals surface area contributed by atoms with Gasteiger partial charge in [-0.3, -0.25) is 0 Å². The maximum absolute atomic E-state index is 12.6. The molecule has 3 rings (SSSR count). The third kappa shape index (κ3) is 2.94. The van der Waals surface area contributed by atoms with Crippen LogP contribution in [0.4, 0.5) is 24.8 Å². The Labute approximate surface area is 128 Å². The monoisotopic (exact) mass is 324 g/mol. The number of aromatic nitrogens is 3. The molecule has 0 saturated heterocycles. The lowest BCUT2D eigenvalue weighted by atomic mass is 10.2. The van der Waals surface area contributed by atoms with Crippen LogP contribution in [0.25, 0.3) is 10.8 Å². The predicted octanol–water partition coefficient (Wildman–Crippen LogP) is 4.44. The van der Waals surface area contributed by atoms with Crippen molar-refractivity contribution in [2.45, 2.75) is 6.18 Å². The fraction of sp³-hybridized carbons (Fsp3) is 0.0714. The molecule has 0 fully saturated rings. The third-order valence-corrected chi connectivity index (χ3v) is 3.28. The lowest BCUT2D eigenvalue weighted by Gasteiger charge is -2.09. The summed E-state index contributed by atoms with van der Waals surface area (Å²) < 4.78 is 37.9. The van der Waals surface area contributed by atoms with E-state index in [1.807, 2.05) is 6.07 Å². The number of hydrogen-bond acceptors (Lipinski definition) is 4. The molecule has 22 heavy (non-hydrogen) atoms. The van der Waals surface area contributed by atoms with Crippen molar-refractivity contribution in [3.8, 4) is 0 Å². The Morgan fingerprint density at radius 1 is 1.05 bits per heavy atom. The van der Waals surface area contributed by atoms with Gasteiger partial charge in [0.05, 0.1) is 11.8 Å². The zero-order chi connectivity index (χ0) is 15.7. The largest absolute Gasteiger partial charge is 0.418 e. The molecular formula is C14H8ClF3N4. The van der Waals surface area contributed by atoms with Crippen molar-refractivity contribution in [3.05, 3.63) is 53.3 Å². The van der Waals surface area contributed by atoms with Crippen molar-refractivity contribution >= 4 is 34.0 Å². The summed E-state index contributed by atoms with van der Waals surface area (Å²) in [5.41, 5.74) is -0.885. The first-order valence-corrected chi connectivity index (χ1v) is 6.52. The van der Waals surface area contributed by atoms with Crippen LogP contribution in [0.3, 0.4) is 0 Å². The molecule has 1 N–H and O–H groups in total. The van der Waals surface area contributed by atoms with Gasteiger partial charge < -0.3 is 5.32 Å². The minimum Gasteiger partial charge on any atom is -0.323 e. The molecule has 2 aromatic heterocycles. The van der Waals surface area contributed by atoms with Gasteiger partial charge in [-0.2, -0.15) is 18.3 Å². The van der Waals surface area contributed by atoms with Gasteiger partial charge >= 0.3 is 6.18 Å². The van der Waals surface area contributed by atoms with Crippen molar-refractivity contribution in [2.75, 3.05) is 5.32 Å². The maximum atomic E-state index is 12.6. The number of nitrogens with one attached hydrogen (secondary N) is 1. The van der Waals surface area contributed by atoms with Crippen LogP contribution in [0.5, 0.6) is 0 Å². The lowest BCUT2D eigenvalue weighted by molar-refractivity contribution is -0.137. The Kier molecular flexibility index (Phi) is 3.58. The van der Waals surface area contributed by atoms with E-state index in [0.717, 1.165) is 16.8 Å². The SMILES string of the molecule is FC(F)(F)c1cnnc(Nc2cc3c(Cl)cccc3cn2)c1. The summed E-state index contributed by atoms with van der Waals surface area (Å²) in [5, 5.41) is 11.7. The average molecular weight is 325 g/mol. The number of fused-ring (bicyclic) bond motifs is 1. The van der Waals surface area contributed by atoms with E-state index in [-0.39, 0.29) is 5.82 Å². The molecule has 0 atom stereocenters. The summed E-state index contributed by atoms with van der Waals surface area (Å²) in [6.45, 7) is 0. The van der Waals surface area contributed by atoms with E-state index in [9.17, 15) is 13.2 Å². The fourth-order valence-electron chi connectivity index (χ4n) is 1.91. The molecule has 0 aliphatic heterocycles. The minimum absolute atomic E-state index is 0.0475. The molecular weight excluding hydrogens is 317 g/mol. The summed E-state index contributed by atoms with van der Waals surface area (Å²) in [5.74, 6) is 0.281. The van der Waals surface area contributed by atoms with E-state index < -0.39 is 11.7 Å². The molecule has 3 aromatic rings. The first kappa shape index (κ1) is 14.5. The van der Waals surface area contributed by atoms with Gasteiger partial charge in [0.2, 0.25) is 0 Å². The number of halogens is 4. The van der Waals surface area contributed by atoms with Crippen LogP contribution in [-0.4, -0.2) is 15.2 Å². The van der Waals surface area contributed by atoms with Gasteiger partial charge in [0.1, 0.15) is 5.82 Å². The van der Waals surface area contributed by atoms with Crippen LogP contribution in [0.2, 0.25) is 5.02 Å². The number of anilines is 2. The van der Waals surface area contributed by atoms with Crippen LogP contribution in [0.15, 0.2) is 42.7 Å². The molecule has 0 bridgehead atoms. The number of benzene rings is 1. The molecule has 0 amide bonds. The topological polar surface area (TPSA) is 50.7 Å². The number of pyridine rings is 1. The normalized spacial score (nSPS) is 11.6. The summed E-state index contributed by atoms with van der Waals surface area (Å²) in [4.78, 5) is 4.12. The van der Waals surface area contributed by atoms with Crippen LogP contribution in [0.1, 0.15) is 5.56 Å². The molecule has 1 aromatic carbocycles. The van der Waals surface area contributed by atoms with Gasteiger partial charge in [0.15, 0.2) is 5.82 Å². The second kappa shape index (κ2) is 5.42. The molecule has 2 heterocycles.